The number of aliphatic hydroxyl groups is 1. The summed E-state index contributed by atoms with van der Waals surface area (Å²) in [5.41, 5.74) is -0.485. The fourth-order valence-electron chi connectivity index (χ4n) is 0.747. The summed E-state index contributed by atoms with van der Waals surface area (Å²) in [4.78, 5) is 21.2. The number of aliphatic carboxylic acids is 1. The lowest BCUT2D eigenvalue weighted by Crippen LogP contribution is -2.27. The van der Waals surface area contributed by atoms with Crippen LogP contribution < -0.4 is 5.32 Å². The summed E-state index contributed by atoms with van der Waals surface area (Å²) in [5.74, 6) is -1.44. The molecule has 0 spiro atoms. The van der Waals surface area contributed by atoms with Gasteiger partial charge in [-0.3, -0.25) is 4.79 Å². The number of hydrogen-bond acceptors (Lipinski definition) is 3. The third-order valence-corrected chi connectivity index (χ3v) is 1.54. The van der Waals surface area contributed by atoms with Crippen molar-refractivity contribution in [3.63, 3.8) is 0 Å². The van der Waals surface area contributed by atoms with Gasteiger partial charge in [-0.25, -0.2) is 4.79 Å². The van der Waals surface area contributed by atoms with Crippen molar-refractivity contribution in [2.75, 3.05) is 6.61 Å². The van der Waals surface area contributed by atoms with Crippen molar-refractivity contribution < 1.29 is 19.8 Å². The number of carboxylic acids is 1. The first-order valence-corrected chi connectivity index (χ1v) is 4.17. The Morgan fingerprint density at radius 2 is 2.00 bits per heavy atom. The fraction of sp³-hybridized carbons (Fsp3) is 0.556. The third kappa shape index (κ3) is 6.19. The minimum atomic E-state index is -1.12. The molecular weight excluding hydrogens is 186 g/mol. The molecule has 0 aliphatic carbocycles. The lowest BCUT2D eigenvalue weighted by molar-refractivity contribution is -0.131. The molecule has 0 unspecified atom stereocenters. The highest BCUT2D eigenvalue weighted by molar-refractivity contribution is 5.82. The van der Waals surface area contributed by atoms with Crippen LogP contribution in [0.2, 0.25) is 0 Å². The maximum atomic E-state index is 11.1. The van der Waals surface area contributed by atoms with Crippen LogP contribution in [0.25, 0.3) is 0 Å². The molecule has 0 aromatic heterocycles. The molecule has 0 fully saturated rings. The van der Waals surface area contributed by atoms with Gasteiger partial charge in [0, 0.05) is 25.3 Å². The fourth-order valence-corrected chi connectivity index (χ4v) is 0.747. The highest BCUT2D eigenvalue weighted by atomic mass is 16.4. The van der Waals surface area contributed by atoms with Crippen molar-refractivity contribution in [2.24, 2.45) is 5.41 Å². The average molecular weight is 201 g/mol. The van der Waals surface area contributed by atoms with Crippen molar-refractivity contribution in [2.45, 2.75) is 20.3 Å². The van der Waals surface area contributed by atoms with Gasteiger partial charge in [0.25, 0.3) is 0 Å². The summed E-state index contributed by atoms with van der Waals surface area (Å²) in [6.45, 7) is 3.39. The predicted molar refractivity (Wildman–Crippen MR) is 50.4 cm³/mol. The molecule has 0 aliphatic heterocycles. The molecule has 0 saturated carbocycles. The second-order valence-electron chi connectivity index (χ2n) is 3.74. The van der Waals surface area contributed by atoms with E-state index in [0.717, 1.165) is 12.3 Å². The number of rotatable bonds is 5. The van der Waals surface area contributed by atoms with Crippen LogP contribution in [0.1, 0.15) is 20.3 Å². The van der Waals surface area contributed by atoms with Gasteiger partial charge in [-0.15, -0.1) is 0 Å². The molecule has 1 amide bonds. The molecule has 0 aliphatic rings. The molecule has 3 N–H and O–H groups in total. The molecule has 0 radical (unpaired) electrons. The number of amides is 1. The first-order valence-electron chi connectivity index (χ1n) is 4.17. The molecule has 0 rings (SSSR count). The average Bonchev–Trinajstić information content (AvgIpc) is 2.02. The van der Waals surface area contributed by atoms with Gasteiger partial charge >= 0.3 is 5.97 Å². The molecule has 5 heteroatoms. The van der Waals surface area contributed by atoms with Crippen molar-refractivity contribution in [1.29, 1.82) is 0 Å². The van der Waals surface area contributed by atoms with E-state index in [1.165, 1.54) is 0 Å². The Morgan fingerprint density at radius 3 is 2.43 bits per heavy atom. The van der Waals surface area contributed by atoms with Gasteiger partial charge in [0.1, 0.15) is 0 Å². The van der Waals surface area contributed by atoms with Crippen molar-refractivity contribution in [3.05, 3.63) is 12.3 Å². The summed E-state index contributed by atoms with van der Waals surface area (Å²) in [5, 5.41) is 19.4. The van der Waals surface area contributed by atoms with Gasteiger partial charge in [0.05, 0.1) is 0 Å². The van der Waals surface area contributed by atoms with Gasteiger partial charge in [-0.2, -0.15) is 0 Å². The van der Waals surface area contributed by atoms with E-state index in [0.29, 0.717) is 0 Å². The van der Waals surface area contributed by atoms with E-state index < -0.39 is 11.4 Å². The summed E-state index contributed by atoms with van der Waals surface area (Å²) in [6, 6.07) is 0. The summed E-state index contributed by atoms with van der Waals surface area (Å²) < 4.78 is 0. The Bertz CT molecular complexity index is 245. The van der Waals surface area contributed by atoms with Crippen LogP contribution in [0.5, 0.6) is 0 Å². The molecule has 14 heavy (non-hydrogen) atoms. The number of carboxylic acid groups (broad SMARTS) is 1. The zero-order valence-corrected chi connectivity index (χ0v) is 8.28. The standard InChI is InChI=1S/C9H15NO4/c1-9(2,6-11)5-7(12)10-4-3-8(13)14/h3-4,11H,5-6H2,1-2H3,(H,10,12)(H,13,14)/b4-3+. The Hall–Kier alpha value is -1.36. The zero-order valence-electron chi connectivity index (χ0n) is 8.28. The zero-order chi connectivity index (χ0) is 11.2. The maximum absolute atomic E-state index is 11.1. The number of hydrogen-bond donors (Lipinski definition) is 3. The van der Waals surface area contributed by atoms with Crippen molar-refractivity contribution >= 4 is 11.9 Å². The van der Waals surface area contributed by atoms with Crippen molar-refractivity contribution in [1.82, 2.24) is 5.32 Å². The minimum absolute atomic E-state index is 0.0942. The second kappa shape index (κ2) is 5.39. The highest BCUT2D eigenvalue weighted by Crippen LogP contribution is 2.18. The SMILES string of the molecule is CC(C)(CO)CC(=O)N/C=C/C(=O)O. The molecule has 80 valence electrons. The Morgan fingerprint density at radius 1 is 1.43 bits per heavy atom. The van der Waals surface area contributed by atoms with E-state index in [-0.39, 0.29) is 18.9 Å². The Labute approximate surface area is 82.4 Å². The second-order valence-corrected chi connectivity index (χ2v) is 3.74. The number of nitrogens with one attached hydrogen (secondary N) is 1. The molecule has 0 atom stereocenters. The maximum Gasteiger partial charge on any atom is 0.329 e. The van der Waals surface area contributed by atoms with E-state index in [2.05, 4.69) is 5.32 Å². The van der Waals surface area contributed by atoms with E-state index in [1.54, 1.807) is 13.8 Å². The monoisotopic (exact) mass is 201 g/mol. The van der Waals surface area contributed by atoms with E-state index in [9.17, 15) is 9.59 Å². The third-order valence-electron chi connectivity index (χ3n) is 1.54. The predicted octanol–water partition coefficient (Wildman–Crippen LogP) is 0.109. The summed E-state index contributed by atoms with van der Waals surface area (Å²) in [6.07, 6.45) is 2.05. The smallest absolute Gasteiger partial charge is 0.329 e. The molecule has 0 aromatic carbocycles. The van der Waals surface area contributed by atoms with Gasteiger partial charge in [0.15, 0.2) is 0 Å². The molecular formula is C9H15NO4. The number of carbonyl (C=O) groups excluding carboxylic acids is 1. The lowest BCUT2D eigenvalue weighted by atomic mass is 9.90. The van der Waals surface area contributed by atoms with E-state index in [4.69, 9.17) is 10.2 Å². The number of aliphatic hydroxyl groups excluding tert-OH is 1. The topological polar surface area (TPSA) is 86.6 Å². The van der Waals surface area contributed by atoms with Gasteiger partial charge in [-0.1, -0.05) is 13.8 Å². The van der Waals surface area contributed by atoms with Crippen LogP contribution >= 0.6 is 0 Å². The quantitative estimate of drug-likeness (QED) is 0.551. The van der Waals surface area contributed by atoms with E-state index in [1.807, 2.05) is 0 Å². The highest BCUT2D eigenvalue weighted by Gasteiger charge is 2.20. The molecule has 5 nitrogen and oxygen atoms in total. The molecule has 0 bridgehead atoms. The first-order chi connectivity index (χ1) is 6.37. The van der Waals surface area contributed by atoms with Crippen molar-refractivity contribution in [3.8, 4) is 0 Å². The van der Waals surface area contributed by atoms with Crippen LogP contribution in [-0.2, 0) is 9.59 Å². The molecule has 0 saturated heterocycles. The van der Waals surface area contributed by atoms with Crippen LogP contribution in [0.3, 0.4) is 0 Å². The first kappa shape index (κ1) is 12.6. The Kier molecular flexibility index (Phi) is 4.86. The van der Waals surface area contributed by atoms with Gasteiger partial charge in [-0.05, 0) is 5.41 Å². The van der Waals surface area contributed by atoms with E-state index >= 15 is 0 Å². The van der Waals surface area contributed by atoms with Crippen LogP contribution in [0.15, 0.2) is 12.3 Å². The van der Waals surface area contributed by atoms with Gasteiger partial charge in [0.2, 0.25) is 5.91 Å². The molecule has 0 aromatic rings. The minimum Gasteiger partial charge on any atom is -0.478 e. The van der Waals surface area contributed by atoms with Crippen LogP contribution in [0, 0.1) is 5.41 Å². The summed E-state index contributed by atoms with van der Waals surface area (Å²) >= 11 is 0. The number of carbonyl (C=O) groups is 2. The summed E-state index contributed by atoms with van der Waals surface area (Å²) in [7, 11) is 0. The normalized spacial score (nSPS) is 11.6. The van der Waals surface area contributed by atoms with Crippen LogP contribution in [0.4, 0.5) is 0 Å². The molecule has 0 heterocycles. The van der Waals surface area contributed by atoms with Gasteiger partial charge < -0.3 is 15.5 Å². The Balaban J connectivity index is 3.94. The largest absolute Gasteiger partial charge is 0.478 e. The lowest BCUT2D eigenvalue weighted by Gasteiger charge is -2.19. The van der Waals surface area contributed by atoms with Crippen LogP contribution in [-0.4, -0.2) is 28.7 Å².